The van der Waals surface area contributed by atoms with E-state index in [1.807, 2.05) is 20.0 Å². The summed E-state index contributed by atoms with van der Waals surface area (Å²) in [6.45, 7) is 3.87. The molecule has 0 unspecified atom stereocenters. The van der Waals surface area contributed by atoms with Crippen LogP contribution in [0.15, 0.2) is 27.3 Å². The molecule has 1 aliphatic heterocycles. The van der Waals surface area contributed by atoms with Crippen molar-refractivity contribution >= 4 is 11.8 Å². The molecule has 0 aromatic carbocycles. The number of aryl methyl sites for hydroxylation is 1. The molecule has 0 atom stereocenters. The Morgan fingerprint density at radius 1 is 1.43 bits per heavy atom. The van der Waals surface area contributed by atoms with Crippen molar-refractivity contribution in [1.82, 2.24) is 15.0 Å². The van der Waals surface area contributed by atoms with E-state index in [-0.39, 0.29) is 12.1 Å². The topological polar surface area (TPSA) is 74.8 Å². The number of nitrogens with one attached hydrogen (secondary N) is 1. The second-order valence-corrected chi connectivity index (χ2v) is 6.04. The minimum Gasteiger partial charge on any atom is -0.469 e. The average molecular weight is 318 g/mol. The number of piperidine rings is 1. The van der Waals surface area contributed by atoms with Crippen LogP contribution in [-0.4, -0.2) is 54.2 Å². The first kappa shape index (κ1) is 15.6. The minimum absolute atomic E-state index is 0.164. The quantitative estimate of drug-likeness (QED) is 0.942. The molecule has 1 fully saturated rings. The van der Waals surface area contributed by atoms with Crippen LogP contribution in [0.5, 0.6) is 0 Å². The van der Waals surface area contributed by atoms with Crippen molar-refractivity contribution in [3.8, 4) is 11.3 Å². The van der Waals surface area contributed by atoms with Gasteiger partial charge in [-0.1, -0.05) is 5.16 Å². The normalized spacial score (nSPS) is 16.5. The maximum absolute atomic E-state index is 12.4. The number of nitrogens with zero attached hydrogens (tertiary/aromatic N) is 3. The molecule has 3 rings (SSSR count). The van der Waals surface area contributed by atoms with Gasteiger partial charge in [-0.05, 0) is 46.0 Å². The number of carbonyl (C=O) groups excluding carboxylic acids is 1. The van der Waals surface area contributed by atoms with E-state index in [1.54, 1.807) is 17.2 Å². The molecule has 0 bridgehead atoms. The molecular formula is C16H22N4O3. The Hall–Kier alpha value is -2.28. The molecule has 1 saturated heterocycles. The highest BCUT2D eigenvalue weighted by Crippen LogP contribution is 2.26. The van der Waals surface area contributed by atoms with E-state index in [4.69, 9.17) is 8.94 Å². The molecule has 23 heavy (non-hydrogen) atoms. The summed E-state index contributed by atoms with van der Waals surface area (Å²) in [5, 5.41) is 6.70. The third kappa shape index (κ3) is 3.39. The minimum atomic E-state index is -0.164. The van der Waals surface area contributed by atoms with Gasteiger partial charge in [0.25, 0.3) is 0 Å². The number of urea groups is 1. The highest BCUT2D eigenvalue weighted by Gasteiger charge is 2.24. The van der Waals surface area contributed by atoms with E-state index >= 15 is 0 Å². The van der Waals surface area contributed by atoms with Crippen molar-refractivity contribution in [2.75, 3.05) is 32.5 Å². The van der Waals surface area contributed by atoms with E-state index in [0.717, 1.165) is 37.3 Å². The Labute approximate surface area is 135 Å². The van der Waals surface area contributed by atoms with Crippen LogP contribution in [0.2, 0.25) is 0 Å². The van der Waals surface area contributed by atoms with Gasteiger partial charge in [0.1, 0.15) is 5.76 Å². The first-order valence-corrected chi connectivity index (χ1v) is 7.78. The van der Waals surface area contributed by atoms with E-state index < -0.39 is 0 Å². The Balaban J connectivity index is 1.62. The molecule has 0 aliphatic carbocycles. The van der Waals surface area contributed by atoms with Crippen molar-refractivity contribution in [2.24, 2.45) is 0 Å². The summed E-state index contributed by atoms with van der Waals surface area (Å²) in [6, 6.07) is 3.61. The zero-order valence-electron chi connectivity index (χ0n) is 13.7. The van der Waals surface area contributed by atoms with E-state index in [0.29, 0.717) is 11.6 Å². The van der Waals surface area contributed by atoms with Crippen LogP contribution in [0.3, 0.4) is 0 Å². The summed E-state index contributed by atoms with van der Waals surface area (Å²) < 4.78 is 10.5. The predicted octanol–water partition coefficient (Wildman–Crippen LogP) is 2.80. The lowest BCUT2D eigenvalue weighted by Crippen LogP contribution is -2.46. The summed E-state index contributed by atoms with van der Waals surface area (Å²) >= 11 is 0. The van der Waals surface area contributed by atoms with E-state index in [1.165, 1.54) is 0 Å². The number of hydrogen-bond acceptors (Lipinski definition) is 5. The van der Waals surface area contributed by atoms with Gasteiger partial charge in [-0.2, -0.15) is 0 Å². The van der Waals surface area contributed by atoms with Crippen molar-refractivity contribution in [3.63, 3.8) is 0 Å². The highest BCUT2D eigenvalue weighted by molar-refractivity contribution is 5.88. The first-order chi connectivity index (χ1) is 11.0. The van der Waals surface area contributed by atoms with Crippen molar-refractivity contribution in [3.05, 3.63) is 24.2 Å². The van der Waals surface area contributed by atoms with Gasteiger partial charge in [-0.3, -0.25) is 5.32 Å². The van der Waals surface area contributed by atoms with Crippen LogP contribution < -0.4 is 5.32 Å². The zero-order chi connectivity index (χ0) is 16.4. The Morgan fingerprint density at radius 2 is 2.17 bits per heavy atom. The highest BCUT2D eigenvalue weighted by atomic mass is 16.5. The van der Waals surface area contributed by atoms with Crippen LogP contribution in [0.25, 0.3) is 11.3 Å². The Morgan fingerprint density at radius 3 is 2.83 bits per heavy atom. The fourth-order valence-electron chi connectivity index (χ4n) is 2.85. The molecule has 0 saturated carbocycles. The second kappa shape index (κ2) is 6.45. The smallest absolute Gasteiger partial charge is 0.323 e. The van der Waals surface area contributed by atoms with E-state index in [2.05, 4.69) is 22.4 Å². The summed E-state index contributed by atoms with van der Waals surface area (Å²) in [5.41, 5.74) is 0.835. The molecule has 0 radical (unpaired) electrons. The van der Waals surface area contributed by atoms with E-state index in [9.17, 15) is 4.79 Å². The molecule has 7 heteroatoms. The zero-order valence-corrected chi connectivity index (χ0v) is 13.7. The lowest BCUT2D eigenvalue weighted by Gasteiger charge is -2.34. The van der Waals surface area contributed by atoms with Crippen LogP contribution >= 0.6 is 0 Å². The maximum Gasteiger partial charge on any atom is 0.323 e. The van der Waals surface area contributed by atoms with Gasteiger partial charge in [-0.15, -0.1) is 0 Å². The van der Waals surface area contributed by atoms with Gasteiger partial charge in [0, 0.05) is 19.2 Å². The molecule has 3 heterocycles. The largest absolute Gasteiger partial charge is 0.469 e. The number of furan rings is 1. The lowest BCUT2D eigenvalue weighted by atomic mass is 10.0. The molecule has 1 aliphatic rings. The summed E-state index contributed by atoms with van der Waals surface area (Å²) in [7, 11) is 3.93. The van der Waals surface area contributed by atoms with Gasteiger partial charge >= 0.3 is 6.03 Å². The number of likely N-dealkylation sites (tertiary alicyclic amines) is 1. The van der Waals surface area contributed by atoms with Crippen molar-refractivity contribution in [2.45, 2.75) is 25.8 Å². The van der Waals surface area contributed by atoms with Gasteiger partial charge in [0.05, 0.1) is 11.8 Å². The average Bonchev–Trinajstić information content (AvgIpc) is 3.16. The number of carbonyl (C=O) groups is 1. The SMILES string of the molecule is Cc1occc1-c1cc(NC(=O)N(C)C2CCN(C)CC2)no1. The van der Waals surface area contributed by atoms with Crippen LogP contribution in [0, 0.1) is 6.92 Å². The summed E-state index contributed by atoms with van der Waals surface area (Å²) in [4.78, 5) is 16.4. The van der Waals surface area contributed by atoms with Crippen LogP contribution in [0.4, 0.5) is 10.6 Å². The standard InChI is InChI=1S/C16H22N4O3/c1-11-13(6-9-22-11)14-10-15(18-23-14)17-16(21)20(3)12-4-7-19(2)8-5-12/h6,9-10,12H,4-5,7-8H2,1-3H3,(H,17,18,21). The van der Waals surface area contributed by atoms with Crippen LogP contribution in [0.1, 0.15) is 18.6 Å². The molecule has 0 spiro atoms. The number of rotatable bonds is 3. The molecule has 2 aromatic heterocycles. The van der Waals surface area contributed by atoms with Crippen molar-refractivity contribution < 1.29 is 13.7 Å². The maximum atomic E-state index is 12.4. The molecular weight excluding hydrogens is 296 g/mol. The number of anilines is 1. The molecule has 1 N–H and O–H groups in total. The monoisotopic (exact) mass is 318 g/mol. The number of amides is 2. The molecule has 7 nitrogen and oxygen atoms in total. The third-order valence-corrected chi connectivity index (χ3v) is 4.43. The fraction of sp³-hybridized carbons (Fsp3) is 0.500. The first-order valence-electron chi connectivity index (χ1n) is 7.78. The van der Waals surface area contributed by atoms with Gasteiger partial charge < -0.3 is 18.7 Å². The number of aromatic nitrogens is 1. The third-order valence-electron chi connectivity index (χ3n) is 4.43. The number of hydrogen-bond donors (Lipinski definition) is 1. The Bertz CT molecular complexity index is 670. The summed E-state index contributed by atoms with van der Waals surface area (Å²) in [5.74, 6) is 1.74. The van der Waals surface area contributed by atoms with Gasteiger partial charge in [-0.25, -0.2) is 4.79 Å². The summed E-state index contributed by atoms with van der Waals surface area (Å²) in [6.07, 6.45) is 3.57. The molecule has 2 aromatic rings. The van der Waals surface area contributed by atoms with Gasteiger partial charge in [0.15, 0.2) is 11.6 Å². The van der Waals surface area contributed by atoms with Gasteiger partial charge in [0.2, 0.25) is 0 Å². The fourth-order valence-corrected chi connectivity index (χ4v) is 2.85. The Kier molecular flexibility index (Phi) is 4.38. The molecule has 124 valence electrons. The van der Waals surface area contributed by atoms with Crippen molar-refractivity contribution in [1.29, 1.82) is 0 Å². The lowest BCUT2D eigenvalue weighted by molar-refractivity contribution is 0.156. The predicted molar refractivity (Wildman–Crippen MR) is 86.2 cm³/mol. The molecule has 2 amide bonds. The second-order valence-electron chi connectivity index (χ2n) is 6.04. The van der Waals surface area contributed by atoms with Crippen LogP contribution in [-0.2, 0) is 0 Å².